The lowest BCUT2D eigenvalue weighted by Crippen LogP contribution is -2.47. The van der Waals surface area contributed by atoms with E-state index in [1.54, 1.807) is 0 Å². The summed E-state index contributed by atoms with van der Waals surface area (Å²) in [6.07, 6.45) is 6.34. The van der Waals surface area contributed by atoms with Gasteiger partial charge in [-0.25, -0.2) is 4.79 Å². The van der Waals surface area contributed by atoms with Gasteiger partial charge >= 0.3 is 6.03 Å². The van der Waals surface area contributed by atoms with Crippen LogP contribution >= 0.6 is 0 Å². The number of rotatable bonds is 1. The summed E-state index contributed by atoms with van der Waals surface area (Å²) in [5, 5.41) is 3.11. The fraction of sp³-hybridized carbons (Fsp3) is 0.909. The Balaban J connectivity index is 1.54. The highest BCUT2D eigenvalue weighted by Gasteiger charge is 2.41. The van der Waals surface area contributed by atoms with Gasteiger partial charge in [-0.05, 0) is 32.1 Å². The lowest BCUT2D eigenvalue weighted by atomic mass is 9.96. The average Bonchev–Trinajstić information content (AvgIpc) is 2.95. The molecule has 3 rings (SSSR count). The summed E-state index contributed by atoms with van der Waals surface area (Å²) < 4.78 is 5.72. The molecule has 3 aliphatic heterocycles. The van der Waals surface area contributed by atoms with Crippen molar-refractivity contribution in [1.29, 1.82) is 0 Å². The minimum Gasteiger partial charge on any atom is -0.373 e. The molecule has 0 radical (unpaired) electrons. The number of hydrogen-bond acceptors (Lipinski definition) is 2. The van der Waals surface area contributed by atoms with Gasteiger partial charge in [-0.2, -0.15) is 0 Å². The van der Waals surface area contributed by atoms with E-state index in [9.17, 15) is 4.79 Å². The number of hydrogen-bond donors (Lipinski definition) is 1. The molecule has 3 fully saturated rings. The molecule has 84 valence electrons. The van der Waals surface area contributed by atoms with E-state index in [-0.39, 0.29) is 12.1 Å². The van der Waals surface area contributed by atoms with Gasteiger partial charge in [-0.15, -0.1) is 0 Å². The topological polar surface area (TPSA) is 41.6 Å². The fourth-order valence-corrected chi connectivity index (χ4v) is 2.96. The lowest BCUT2D eigenvalue weighted by Gasteiger charge is -2.24. The second-order valence-electron chi connectivity index (χ2n) is 4.86. The Bertz CT molecular complexity index is 263. The van der Waals surface area contributed by atoms with Gasteiger partial charge in [0.2, 0.25) is 0 Å². The molecule has 1 N–H and O–H groups in total. The first-order valence-electron chi connectivity index (χ1n) is 6.04. The van der Waals surface area contributed by atoms with Crippen LogP contribution in [0, 0.1) is 0 Å². The summed E-state index contributed by atoms with van der Waals surface area (Å²) in [7, 11) is 0. The third-order valence-electron chi connectivity index (χ3n) is 3.81. The van der Waals surface area contributed by atoms with Gasteiger partial charge in [-0.3, -0.25) is 0 Å². The first kappa shape index (κ1) is 9.46. The molecule has 3 heterocycles. The Morgan fingerprint density at radius 1 is 1.27 bits per heavy atom. The van der Waals surface area contributed by atoms with E-state index in [0.717, 1.165) is 38.8 Å². The highest BCUT2D eigenvalue weighted by molar-refractivity contribution is 5.74. The third-order valence-corrected chi connectivity index (χ3v) is 3.81. The number of carbonyl (C=O) groups excluding carboxylic acids is 1. The van der Waals surface area contributed by atoms with Crippen molar-refractivity contribution in [1.82, 2.24) is 10.2 Å². The molecule has 3 saturated heterocycles. The van der Waals surface area contributed by atoms with Crippen molar-refractivity contribution in [3.05, 3.63) is 0 Å². The minimum atomic E-state index is 0.119. The van der Waals surface area contributed by atoms with Crippen LogP contribution in [0.1, 0.15) is 32.1 Å². The Hall–Kier alpha value is -0.770. The molecule has 2 amide bonds. The molecule has 0 aliphatic carbocycles. The van der Waals surface area contributed by atoms with Crippen molar-refractivity contribution in [3.63, 3.8) is 0 Å². The molecular weight excluding hydrogens is 192 g/mol. The van der Waals surface area contributed by atoms with Crippen molar-refractivity contribution in [2.75, 3.05) is 13.1 Å². The van der Waals surface area contributed by atoms with Crippen molar-refractivity contribution in [2.24, 2.45) is 0 Å². The van der Waals surface area contributed by atoms with Crippen LogP contribution in [0.4, 0.5) is 4.79 Å². The van der Waals surface area contributed by atoms with Gasteiger partial charge in [0.1, 0.15) is 0 Å². The molecule has 4 nitrogen and oxygen atoms in total. The molecular formula is C11H18N2O2. The van der Waals surface area contributed by atoms with E-state index in [1.807, 2.05) is 4.90 Å². The van der Waals surface area contributed by atoms with E-state index in [0.29, 0.717) is 12.2 Å². The standard InChI is InChI=1S/C11H18N2O2/c14-11(13-5-1-2-6-13)12-9-7-8-3-4-10(9)15-8/h8-10H,1-7H2,(H,12,14). The smallest absolute Gasteiger partial charge is 0.317 e. The molecule has 2 bridgehead atoms. The summed E-state index contributed by atoms with van der Waals surface area (Å²) in [5.41, 5.74) is 0. The van der Waals surface area contributed by atoms with Gasteiger partial charge in [0.15, 0.2) is 0 Å². The second-order valence-corrected chi connectivity index (χ2v) is 4.86. The van der Waals surface area contributed by atoms with E-state index in [2.05, 4.69) is 5.32 Å². The SMILES string of the molecule is O=C(NC1CC2CCC1O2)N1CCCC1. The second kappa shape index (κ2) is 3.67. The van der Waals surface area contributed by atoms with E-state index < -0.39 is 0 Å². The monoisotopic (exact) mass is 210 g/mol. The van der Waals surface area contributed by atoms with Crippen LogP contribution in [0.15, 0.2) is 0 Å². The summed E-state index contributed by atoms with van der Waals surface area (Å²) in [5.74, 6) is 0. The van der Waals surface area contributed by atoms with Gasteiger partial charge in [0, 0.05) is 13.1 Å². The number of nitrogens with one attached hydrogen (secondary N) is 1. The van der Waals surface area contributed by atoms with Crippen LogP contribution in [0.3, 0.4) is 0 Å². The van der Waals surface area contributed by atoms with E-state index in [1.165, 1.54) is 6.42 Å². The summed E-state index contributed by atoms with van der Waals surface area (Å²) in [6, 6.07) is 0.394. The highest BCUT2D eigenvalue weighted by atomic mass is 16.5. The van der Waals surface area contributed by atoms with Gasteiger partial charge < -0.3 is 15.0 Å². The summed E-state index contributed by atoms with van der Waals surface area (Å²) in [4.78, 5) is 13.8. The van der Waals surface area contributed by atoms with Crippen molar-refractivity contribution in [3.8, 4) is 0 Å². The minimum absolute atomic E-state index is 0.119. The molecule has 0 aromatic heterocycles. The van der Waals surface area contributed by atoms with Crippen molar-refractivity contribution < 1.29 is 9.53 Å². The number of likely N-dealkylation sites (tertiary alicyclic amines) is 1. The normalized spacial score (nSPS) is 38.7. The maximum Gasteiger partial charge on any atom is 0.317 e. The number of ether oxygens (including phenoxy) is 1. The van der Waals surface area contributed by atoms with Crippen LogP contribution in [0.25, 0.3) is 0 Å². The van der Waals surface area contributed by atoms with Crippen molar-refractivity contribution in [2.45, 2.75) is 50.4 Å². The molecule has 0 aromatic carbocycles. The maximum atomic E-state index is 11.8. The number of urea groups is 1. The number of fused-ring (bicyclic) bond motifs is 2. The Morgan fingerprint density at radius 3 is 2.67 bits per heavy atom. The largest absolute Gasteiger partial charge is 0.373 e. The van der Waals surface area contributed by atoms with E-state index >= 15 is 0 Å². The zero-order valence-electron chi connectivity index (χ0n) is 8.95. The molecule has 15 heavy (non-hydrogen) atoms. The average molecular weight is 210 g/mol. The molecule has 4 heteroatoms. The number of amides is 2. The molecule has 0 saturated carbocycles. The van der Waals surface area contributed by atoms with Crippen LogP contribution in [0.5, 0.6) is 0 Å². The van der Waals surface area contributed by atoms with Gasteiger partial charge in [0.25, 0.3) is 0 Å². The predicted octanol–water partition coefficient (Wildman–Crippen LogP) is 1.11. The maximum absolute atomic E-state index is 11.8. The Kier molecular flexibility index (Phi) is 2.31. The van der Waals surface area contributed by atoms with Crippen LogP contribution in [-0.4, -0.2) is 42.3 Å². The van der Waals surface area contributed by atoms with Gasteiger partial charge in [0.05, 0.1) is 18.2 Å². The van der Waals surface area contributed by atoms with Crippen LogP contribution in [0.2, 0.25) is 0 Å². The first-order valence-corrected chi connectivity index (χ1v) is 6.04. The fourth-order valence-electron chi connectivity index (χ4n) is 2.96. The lowest BCUT2D eigenvalue weighted by molar-refractivity contribution is 0.0972. The molecule has 0 spiro atoms. The zero-order valence-corrected chi connectivity index (χ0v) is 8.95. The summed E-state index contributed by atoms with van der Waals surface area (Å²) >= 11 is 0. The quantitative estimate of drug-likeness (QED) is 0.704. The number of nitrogens with zero attached hydrogens (tertiary/aromatic N) is 1. The summed E-state index contributed by atoms with van der Waals surface area (Å²) in [6.45, 7) is 1.85. The molecule has 3 unspecified atom stereocenters. The third kappa shape index (κ3) is 1.71. The van der Waals surface area contributed by atoms with Gasteiger partial charge in [-0.1, -0.05) is 0 Å². The molecule has 3 atom stereocenters. The first-order chi connectivity index (χ1) is 7.33. The number of carbonyl (C=O) groups is 1. The molecule has 0 aromatic rings. The Labute approximate surface area is 90.0 Å². The zero-order chi connectivity index (χ0) is 10.3. The van der Waals surface area contributed by atoms with E-state index in [4.69, 9.17) is 4.74 Å². The van der Waals surface area contributed by atoms with Crippen LogP contribution in [-0.2, 0) is 4.74 Å². The molecule has 3 aliphatic rings. The predicted molar refractivity (Wildman–Crippen MR) is 55.6 cm³/mol. The van der Waals surface area contributed by atoms with Crippen LogP contribution < -0.4 is 5.32 Å². The highest BCUT2D eigenvalue weighted by Crippen LogP contribution is 2.34. The Morgan fingerprint density at radius 2 is 2.07 bits per heavy atom. The van der Waals surface area contributed by atoms with Crippen molar-refractivity contribution >= 4 is 6.03 Å².